The summed E-state index contributed by atoms with van der Waals surface area (Å²) in [5.74, 6) is 0.547. The van der Waals surface area contributed by atoms with Crippen molar-refractivity contribution in [1.82, 2.24) is 5.32 Å². The maximum atomic E-state index is 12.9. The third-order valence-corrected chi connectivity index (χ3v) is 2.68. The van der Waals surface area contributed by atoms with Crippen molar-refractivity contribution in [1.29, 1.82) is 0 Å². The summed E-state index contributed by atoms with van der Waals surface area (Å²) < 4.78 is 12.9. The third-order valence-electron chi connectivity index (χ3n) is 2.68. The van der Waals surface area contributed by atoms with E-state index in [-0.39, 0.29) is 5.82 Å². The molecule has 0 saturated heterocycles. The summed E-state index contributed by atoms with van der Waals surface area (Å²) in [5, 5.41) is 3.17. The van der Waals surface area contributed by atoms with E-state index in [1.807, 2.05) is 13.1 Å². The number of halogens is 1. The van der Waals surface area contributed by atoms with Gasteiger partial charge in [0.15, 0.2) is 0 Å². The molecular formula is C11H14FN. The fourth-order valence-electron chi connectivity index (χ4n) is 2.11. The van der Waals surface area contributed by atoms with Crippen LogP contribution in [0.2, 0.25) is 0 Å². The van der Waals surface area contributed by atoms with Gasteiger partial charge in [-0.05, 0) is 55.6 Å². The summed E-state index contributed by atoms with van der Waals surface area (Å²) in [6.45, 7) is 1.02. The zero-order chi connectivity index (χ0) is 9.26. The number of hydrogen-bond acceptors (Lipinski definition) is 1. The van der Waals surface area contributed by atoms with Crippen molar-refractivity contribution in [2.24, 2.45) is 5.92 Å². The van der Waals surface area contributed by atoms with Gasteiger partial charge >= 0.3 is 0 Å². The molecule has 0 spiro atoms. The molecule has 1 aliphatic carbocycles. The van der Waals surface area contributed by atoms with Crippen LogP contribution in [0.1, 0.15) is 11.1 Å². The van der Waals surface area contributed by atoms with Crippen molar-refractivity contribution >= 4 is 0 Å². The lowest BCUT2D eigenvalue weighted by Gasteiger charge is -2.05. The highest BCUT2D eigenvalue weighted by molar-refractivity contribution is 5.32. The van der Waals surface area contributed by atoms with Gasteiger partial charge in [0.1, 0.15) is 5.82 Å². The summed E-state index contributed by atoms with van der Waals surface area (Å²) in [7, 11) is 1.96. The molecule has 1 atom stereocenters. The van der Waals surface area contributed by atoms with Crippen LogP contribution >= 0.6 is 0 Å². The Balaban J connectivity index is 2.16. The SMILES string of the molecule is CNCC1Cc2ccc(F)cc2C1. The van der Waals surface area contributed by atoms with Crippen molar-refractivity contribution in [3.8, 4) is 0 Å². The van der Waals surface area contributed by atoms with E-state index in [2.05, 4.69) is 5.32 Å². The Morgan fingerprint density at radius 1 is 1.38 bits per heavy atom. The number of fused-ring (bicyclic) bond motifs is 1. The molecule has 0 aromatic heterocycles. The molecule has 1 unspecified atom stereocenters. The van der Waals surface area contributed by atoms with E-state index >= 15 is 0 Å². The lowest BCUT2D eigenvalue weighted by molar-refractivity contribution is 0.526. The van der Waals surface area contributed by atoms with E-state index < -0.39 is 0 Å². The van der Waals surface area contributed by atoms with Crippen LogP contribution in [0.25, 0.3) is 0 Å². The Morgan fingerprint density at radius 3 is 2.92 bits per heavy atom. The molecule has 2 rings (SSSR count). The minimum atomic E-state index is -0.108. The summed E-state index contributed by atoms with van der Waals surface area (Å²) in [5.41, 5.74) is 2.52. The van der Waals surface area contributed by atoms with E-state index in [1.54, 1.807) is 12.1 Å². The van der Waals surface area contributed by atoms with Crippen molar-refractivity contribution in [2.45, 2.75) is 12.8 Å². The predicted molar refractivity (Wildman–Crippen MR) is 51.2 cm³/mol. The summed E-state index contributed by atoms with van der Waals surface area (Å²) in [6, 6.07) is 5.14. The van der Waals surface area contributed by atoms with Gasteiger partial charge in [-0.1, -0.05) is 6.07 Å². The van der Waals surface area contributed by atoms with Gasteiger partial charge in [-0.15, -0.1) is 0 Å². The molecule has 1 aliphatic rings. The molecule has 70 valence electrons. The average Bonchev–Trinajstić information content (AvgIpc) is 2.46. The first-order valence-electron chi connectivity index (χ1n) is 4.71. The zero-order valence-corrected chi connectivity index (χ0v) is 7.81. The second-order valence-electron chi connectivity index (χ2n) is 3.74. The van der Waals surface area contributed by atoms with E-state index in [0.717, 1.165) is 19.4 Å². The number of rotatable bonds is 2. The smallest absolute Gasteiger partial charge is 0.123 e. The number of benzene rings is 1. The van der Waals surface area contributed by atoms with Gasteiger partial charge in [-0.25, -0.2) is 4.39 Å². The molecule has 1 aromatic rings. The lowest BCUT2D eigenvalue weighted by atomic mass is 10.1. The van der Waals surface area contributed by atoms with Crippen LogP contribution < -0.4 is 5.32 Å². The highest BCUT2D eigenvalue weighted by atomic mass is 19.1. The second-order valence-corrected chi connectivity index (χ2v) is 3.74. The lowest BCUT2D eigenvalue weighted by Crippen LogP contribution is -2.18. The molecule has 0 bridgehead atoms. The fraction of sp³-hybridized carbons (Fsp3) is 0.455. The van der Waals surface area contributed by atoms with Crippen LogP contribution in [0.4, 0.5) is 4.39 Å². The van der Waals surface area contributed by atoms with Gasteiger partial charge in [0.2, 0.25) is 0 Å². The molecule has 0 aliphatic heterocycles. The molecule has 0 heterocycles. The molecule has 1 N–H and O–H groups in total. The van der Waals surface area contributed by atoms with E-state index in [1.165, 1.54) is 11.1 Å². The third kappa shape index (κ3) is 1.73. The van der Waals surface area contributed by atoms with Crippen LogP contribution in [0.15, 0.2) is 18.2 Å². The highest BCUT2D eigenvalue weighted by Crippen LogP contribution is 2.26. The Kier molecular flexibility index (Phi) is 2.32. The Bertz CT molecular complexity index is 309. The maximum absolute atomic E-state index is 12.9. The predicted octanol–water partition coefficient (Wildman–Crippen LogP) is 1.76. The monoisotopic (exact) mass is 179 g/mol. The van der Waals surface area contributed by atoms with Crippen molar-refractivity contribution in [3.63, 3.8) is 0 Å². The number of nitrogens with one attached hydrogen (secondary N) is 1. The summed E-state index contributed by atoms with van der Waals surface area (Å²) >= 11 is 0. The molecule has 1 nitrogen and oxygen atoms in total. The van der Waals surface area contributed by atoms with Gasteiger partial charge < -0.3 is 5.32 Å². The minimum absolute atomic E-state index is 0.108. The Morgan fingerprint density at radius 2 is 2.15 bits per heavy atom. The first-order chi connectivity index (χ1) is 6.29. The van der Waals surface area contributed by atoms with Crippen LogP contribution in [0.5, 0.6) is 0 Å². The van der Waals surface area contributed by atoms with Crippen LogP contribution in [0.3, 0.4) is 0 Å². The molecule has 1 aromatic carbocycles. The van der Waals surface area contributed by atoms with E-state index in [9.17, 15) is 4.39 Å². The van der Waals surface area contributed by atoms with Crippen molar-refractivity contribution in [2.75, 3.05) is 13.6 Å². The highest BCUT2D eigenvalue weighted by Gasteiger charge is 2.20. The number of hydrogen-bond donors (Lipinski definition) is 1. The van der Waals surface area contributed by atoms with Gasteiger partial charge in [0.25, 0.3) is 0 Å². The Hall–Kier alpha value is -0.890. The first kappa shape index (κ1) is 8.70. The average molecular weight is 179 g/mol. The van der Waals surface area contributed by atoms with Gasteiger partial charge in [0, 0.05) is 0 Å². The van der Waals surface area contributed by atoms with Gasteiger partial charge in [-0.3, -0.25) is 0 Å². The Labute approximate surface area is 78.0 Å². The van der Waals surface area contributed by atoms with Crippen LogP contribution in [0, 0.1) is 11.7 Å². The largest absolute Gasteiger partial charge is 0.319 e. The normalized spacial score (nSPS) is 20.3. The molecule has 0 radical (unpaired) electrons. The van der Waals surface area contributed by atoms with E-state index in [4.69, 9.17) is 0 Å². The van der Waals surface area contributed by atoms with Crippen LogP contribution in [-0.4, -0.2) is 13.6 Å². The topological polar surface area (TPSA) is 12.0 Å². The van der Waals surface area contributed by atoms with Crippen molar-refractivity contribution in [3.05, 3.63) is 35.1 Å². The van der Waals surface area contributed by atoms with Gasteiger partial charge in [0.05, 0.1) is 0 Å². The molecule has 0 amide bonds. The second kappa shape index (κ2) is 3.46. The summed E-state index contributed by atoms with van der Waals surface area (Å²) in [6.07, 6.45) is 2.12. The van der Waals surface area contributed by atoms with Crippen molar-refractivity contribution < 1.29 is 4.39 Å². The first-order valence-corrected chi connectivity index (χ1v) is 4.71. The molecule has 2 heteroatoms. The molecular weight excluding hydrogens is 165 g/mol. The molecule has 0 fully saturated rings. The maximum Gasteiger partial charge on any atom is 0.123 e. The zero-order valence-electron chi connectivity index (χ0n) is 7.81. The minimum Gasteiger partial charge on any atom is -0.319 e. The summed E-state index contributed by atoms with van der Waals surface area (Å²) in [4.78, 5) is 0. The quantitative estimate of drug-likeness (QED) is 0.729. The molecule has 0 saturated carbocycles. The standard InChI is InChI=1S/C11H14FN/c1-13-7-8-4-9-2-3-11(12)6-10(9)5-8/h2-3,6,8,13H,4-5,7H2,1H3. The molecule has 13 heavy (non-hydrogen) atoms. The van der Waals surface area contributed by atoms with E-state index in [0.29, 0.717) is 5.92 Å². The fourth-order valence-corrected chi connectivity index (χ4v) is 2.11. The van der Waals surface area contributed by atoms with Gasteiger partial charge in [-0.2, -0.15) is 0 Å². The van der Waals surface area contributed by atoms with Crippen LogP contribution in [-0.2, 0) is 12.8 Å².